The summed E-state index contributed by atoms with van der Waals surface area (Å²) in [5, 5.41) is 24.9. The summed E-state index contributed by atoms with van der Waals surface area (Å²) in [5.74, 6) is -0.0592. The van der Waals surface area contributed by atoms with Crippen LogP contribution in [0.5, 0.6) is 17.2 Å². The van der Waals surface area contributed by atoms with E-state index in [1.165, 1.54) is 7.11 Å². The lowest BCUT2D eigenvalue weighted by atomic mass is 10.0. The number of benzene rings is 3. The first-order valence-electron chi connectivity index (χ1n) is 9.22. The maximum absolute atomic E-state index is 12.6. The number of fused-ring (bicyclic) bond motifs is 1. The highest BCUT2D eigenvalue weighted by molar-refractivity contribution is 6.01. The van der Waals surface area contributed by atoms with Gasteiger partial charge in [-0.15, -0.1) is 0 Å². The number of rotatable bonds is 6. The zero-order valence-electron chi connectivity index (χ0n) is 16.6. The van der Waals surface area contributed by atoms with E-state index in [4.69, 9.17) is 4.74 Å². The molecule has 3 aromatic carbocycles. The highest BCUT2D eigenvalue weighted by Gasteiger charge is 2.19. The molecule has 0 atom stereocenters. The fraction of sp³-hybridized carbons (Fsp3) is 0.217. The van der Waals surface area contributed by atoms with Gasteiger partial charge in [-0.1, -0.05) is 30.3 Å². The first-order chi connectivity index (χ1) is 13.8. The van der Waals surface area contributed by atoms with E-state index in [9.17, 15) is 15.0 Å². The van der Waals surface area contributed by atoms with Gasteiger partial charge in [0.05, 0.1) is 18.2 Å². The summed E-state index contributed by atoms with van der Waals surface area (Å²) in [4.78, 5) is 17.1. The number of carbonyl (C=O) groups is 1. The average Bonchev–Trinajstić information content (AvgIpc) is 2.71. The number of amides is 1. The fourth-order valence-electron chi connectivity index (χ4n) is 2.90. The van der Waals surface area contributed by atoms with Gasteiger partial charge >= 0.3 is 0 Å². The Morgan fingerprint density at radius 3 is 2.48 bits per heavy atom. The van der Waals surface area contributed by atoms with Crippen LogP contribution in [0.25, 0.3) is 10.8 Å². The van der Waals surface area contributed by atoms with E-state index in [1.807, 2.05) is 38.1 Å². The summed E-state index contributed by atoms with van der Waals surface area (Å²) in [6.45, 7) is 3.97. The third-order valence-electron chi connectivity index (χ3n) is 4.59. The van der Waals surface area contributed by atoms with E-state index in [0.717, 1.165) is 10.8 Å². The molecule has 0 aliphatic rings. The Balaban J connectivity index is 1.71. The van der Waals surface area contributed by atoms with Gasteiger partial charge in [-0.3, -0.25) is 9.79 Å². The van der Waals surface area contributed by atoms with Gasteiger partial charge in [0.1, 0.15) is 5.75 Å². The number of aromatic hydroxyl groups is 2. The van der Waals surface area contributed by atoms with Gasteiger partial charge < -0.3 is 20.3 Å². The summed E-state index contributed by atoms with van der Waals surface area (Å²) in [5.41, 5.74) is 0.113. The second-order valence-electron chi connectivity index (χ2n) is 7.37. The Labute approximate surface area is 169 Å². The van der Waals surface area contributed by atoms with Crippen molar-refractivity contribution in [2.24, 2.45) is 4.99 Å². The number of nitrogens with zero attached hydrogens (tertiary/aromatic N) is 1. The maximum atomic E-state index is 12.6. The van der Waals surface area contributed by atoms with E-state index >= 15 is 0 Å². The number of phenols is 2. The van der Waals surface area contributed by atoms with Crippen molar-refractivity contribution in [2.45, 2.75) is 19.4 Å². The Kier molecular flexibility index (Phi) is 5.73. The van der Waals surface area contributed by atoms with E-state index in [0.29, 0.717) is 11.3 Å². The summed E-state index contributed by atoms with van der Waals surface area (Å²) in [6, 6.07) is 15.9. The maximum Gasteiger partial charge on any atom is 0.255 e. The van der Waals surface area contributed by atoms with Crippen molar-refractivity contribution in [1.82, 2.24) is 5.32 Å². The van der Waals surface area contributed by atoms with Crippen LogP contribution in [0.4, 0.5) is 0 Å². The molecule has 0 heterocycles. The smallest absolute Gasteiger partial charge is 0.255 e. The van der Waals surface area contributed by atoms with Crippen molar-refractivity contribution < 1.29 is 19.7 Å². The van der Waals surface area contributed by atoms with E-state index in [-0.39, 0.29) is 29.5 Å². The van der Waals surface area contributed by atoms with E-state index in [2.05, 4.69) is 10.3 Å². The molecule has 0 aliphatic carbocycles. The zero-order valence-corrected chi connectivity index (χ0v) is 16.6. The zero-order chi connectivity index (χ0) is 21.0. The highest BCUT2D eigenvalue weighted by Crippen LogP contribution is 2.28. The number of nitrogens with one attached hydrogen (secondary N) is 1. The number of methoxy groups -OCH3 is 1. The monoisotopic (exact) mass is 392 g/mol. The predicted octanol–water partition coefficient (Wildman–Crippen LogP) is 3.89. The first-order valence-corrected chi connectivity index (χ1v) is 9.22. The number of aliphatic imine (C=N–C) groups is 1. The van der Waals surface area contributed by atoms with Crippen LogP contribution in [0.3, 0.4) is 0 Å². The molecule has 29 heavy (non-hydrogen) atoms. The van der Waals surface area contributed by atoms with Crippen LogP contribution in [0.2, 0.25) is 0 Å². The lowest BCUT2D eigenvalue weighted by Gasteiger charge is -2.20. The van der Waals surface area contributed by atoms with Crippen LogP contribution in [-0.4, -0.2) is 41.5 Å². The summed E-state index contributed by atoms with van der Waals surface area (Å²) >= 11 is 0. The largest absolute Gasteiger partial charge is 0.507 e. The molecular formula is C23H24N2O4. The number of phenolic OH excluding ortho intramolecular Hbond substituents is 2. The SMILES string of the molecule is COc1cccc(C=NC(C)(C)CNC(=O)c2cc3ccccc3cc2O)c1O. The molecule has 1 amide bonds. The van der Waals surface area contributed by atoms with Crippen LogP contribution in [0.1, 0.15) is 29.8 Å². The second-order valence-corrected chi connectivity index (χ2v) is 7.37. The molecule has 0 unspecified atom stereocenters. The molecule has 0 radical (unpaired) electrons. The van der Waals surface area contributed by atoms with E-state index < -0.39 is 5.54 Å². The van der Waals surface area contributed by atoms with E-state index in [1.54, 1.807) is 36.5 Å². The molecule has 3 aromatic rings. The molecule has 0 fully saturated rings. The number of hydrogen-bond acceptors (Lipinski definition) is 5. The van der Waals surface area contributed by atoms with Crippen molar-refractivity contribution in [1.29, 1.82) is 0 Å². The molecule has 0 aromatic heterocycles. The molecule has 150 valence electrons. The molecule has 6 heteroatoms. The molecule has 6 nitrogen and oxygen atoms in total. The third-order valence-corrected chi connectivity index (χ3v) is 4.59. The van der Waals surface area contributed by atoms with Crippen LogP contribution >= 0.6 is 0 Å². The van der Waals surface area contributed by atoms with Crippen molar-refractivity contribution >= 4 is 22.9 Å². The Morgan fingerprint density at radius 2 is 1.79 bits per heavy atom. The van der Waals surface area contributed by atoms with Crippen molar-refractivity contribution in [2.75, 3.05) is 13.7 Å². The molecule has 0 spiro atoms. The molecule has 0 saturated heterocycles. The minimum atomic E-state index is -0.627. The quantitative estimate of drug-likeness (QED) is 0.555. The van der Waals surface area contributed by atoms with Gasteiger partial charge in [-0.25, -0.2) is 0 Å². The Morgan fingerprint density at radius 1 is 1.10 bits per heavy atom. The van der Waals surface area contributed by atoms with Crippen molar-refractivity contribution in [3.8, 4) is 17.2 Å². The van der Waals surface area contributed by atoms with Gasteiger partial charge in [0, 0.05) is 18.3 Å². The van der Waals surface area contributed by atoms with Gasteiger partial charge in [-0.05, 0) is 48.9 Å². The number of ether oxygens (including phenoxy) is 1. The van der Waals surface area contributed by atoms with Gasteiger partial charge in [0.25, 0.3) is 5.91 Å². The average molecular weight is 392 g/mol. The van der Waals surface area contributed by atoms with Gasteiger partial charge in [0.2, 0.25) is 0 Å². The van der Waals surface area contributed by atoms with Crippen molar-refractivity contribution in [3.05, 3.63) is 65.7 Å². The highest BCUT2D eigenvalue weighted by atomic mass is 16.5. The standard InChI is InChI=1S/C23H24N2O4/c1-23(2,25-13-17-9-6-10-20(29-3)21(17)27)14-24-22(28)18-11-15-7-4-5-8-16(15)12-19(18)26/h4-13,26-27H,14H2,1-3H3,(H,24,28). The van der Waals surface area contributed by atoms with Crippen LogP contribution in [-0.2, 0) is 0 Å². The normalized spacial score (nSPS) is 11.7. The molecular weight excluding hydrogens is 368 g/mol. The number of para-hydroxylation sites is 1. The van der Waals surface area contributed by atoms with Crippen LogP contribution in [0, 0.1) is 0 Å². The first kappa shape index (κ1) is 20.2. The minimum Gasteiger partial charge on any atom is -0.507 e. The second kappa shape index (κ2) is 8.22. The predicted molar refractivity (Wildman–Crippen MR) is 114 cm³/mol. The lowest BCUT2D eigenvalue weighted by molar-refractivity contribution is 0.0944. The van der Waals surface area contributed by atoms with Gasteiger partial charge in [-0.2, -0.15) is 0 Å². The molecule has 3 rings (SSSR count). The molecule has 0 bridgehead atoms. The summed E-state index contributed by atoms with van der Waals surface area (Å²) < 4.78 is 5.09. The van der Waals surface area contributed by atoms with Crippen molar-refractivity contribution in [3.63, 3.8) is 0 Å². The number of carbonyl (C=O) groups excluding carboxylic acids is 1. The number of hydrogen-bond donors (Lipinski definition) is 3. The fourth-order valence-corrected chi connectivity index (χ4v) is 2.90. The Hall–Kier alpha value is -3.54. The van der Waals surface area contributed by atoms with Gasteiger partial charge in [0.15, 0.2) is 11.5 Å². The molecule has 3 N–H and O–H groups in total. The summed E-state index contributed by atoms with van der Waals surface area (Å²) in [7, 11) is 1.48. The summed E-state index contributed by atoms with van der Waals surface area (Å²) in [6.07, 6.45) is 1.55. The third kappa shape index (κ3) is 4.66. The topological polar surface area (TPSA) is 91.2 Å². The minimum absolute atomic E-state index is 0.0136. The van der Waals surface area contributed by atoms with Crippen LogP contribution < -0.4 is 10.1 Å². The molecule has 0 aliphatic heterocycles. The van der Waals surface area contributed by atoms with Crippen LogP contribution in [0.15, 0.2) is 59.6 Å². The molecule has 0 saturated carbocycles. The lowest BCUT2D eigenvalue weighted by Crippen LogP contribution is -2.37. The Bertz CT molecular complexity index is 1070.